The first-order valence-electron chi connectivity index (χ1n) is 8.34. The zero-order valence-corrected chi connectivity index (χ0v) is 14.4. The van der Waals surface area contributed by atoms with Crippen LogP contribution in [0.4, 0.5) is 0 Å². The quantitative estimate of drug-likeness (QED) is 0.749. The van der Waals surface area contributed by atoms with Gasteiger partial charge in [0, 0.05) is 32.5 Å². The number of carbonyl (C=O) groups is 2. The first-order chi connectivity index (χ1) is 10.1. The first-order valence-corrected chi connectivity index (χ1v) is 10.6. The average Bonchev–Trinajstić information content (AvgIpc) is 2.79. The highest BCUT2D eigenvalue weighted by atomic mass is 28.4. The summed E-state index contributed by atoms with van der Waals surface area (Å²) in [5, 5.41) is 0. The molecule has 0 aliphatic carbocycles. The van der Waals surface area contributed by atoms with Crippen LogP contribution in [0.5, 0.6) is 0 Å². The molecule has 2 aliphatic rings. The summed E-state index contributed by atoms with van der Waals surface area (Å²) in [5.41, 5.74) is 0. The topological polar surface area (TPSA) is 49.9 Å². The summed E-state index contributed by atoms with van der Waals surface area (Å²) < 4.78 is 9.98. The highest BCUT2D eigenvalue weighted by Crippen LogP contribution is 2.26. The molecule has 2 saturated heterocycles. The summed E-state index contributed by atoms with van der Waals surface area (Å²) in [6, 6.07) is 0. The summed E-state index contributed by atoms with van der Waals surface area (Å²) in [6.07, 6.45) is 7.32. The van der Waals surface area contributed by atoms with Gasteiger partial charge in [-0.3, -0.25) is 9.59 Å². The number of carbonyl (C=O) groups excluding carboxylic acids is 2. The highest BCUT2D eigenvalue weighted by Gasteiger charge is 2.49. The molecule has 0 unspecified atom stereocenters. The molecule has 0 aromatic carbocycles. The highest BCUT2D eigenvalue weighted by molar-refractivity contribution is 6.71. The molecule has 2 fully saturated rings. The summed E-state index contributed by atoms with van der Waals surface area (Å²) in [5.74, 6) is 0.347. The minimum Gasteiger partial charge on any atom is -0.383 e. The normalized spacial score (nSPS) is 22.2. The number of rotatable bonds is 4. The van der Waals surface area contributed by atoms with Crippen LogP contribution in [0.15, 0.2) is 0 Å². The molecule has 0 spiro atoms. The predicted molar refractivity (Wildman–Crippen MR) is 83.6 cm³/mol. The number of nitrogens with zero attached hydrogens (tertiary/aromatic N) is 2. The Morgan fingerprint density at radius 1 is 0.905 bits per heavy atom. The van der Waals surface area contributed by atoms with Crippen molar-refractivity contribution in [2.75, 3.05) is 19.7 Å². The Bertz CT molecular complexity index is 359. The van der Waals surface area contributed by atoms with E-state index in [4.69, 9.17) is 4.43 Å². The fourth-order valence-electron chi connectivity index (χ4n) is 3.42. The van der Waals surface area contributed by atoms with Crippen LogP contribution in [0.1, 0.15) is 58.3 Å². The largest absolute Gasteiger partial charge is 0.420 e. The van der Waals surface area contributed by atoms with Gasteiger partial charge in [-0.2, -0.15) is 0 Å². The molecule has 21 heavy (non-hydrogen) atoms. The molecule has 0 bridgehead atoms. The summed E-state index contributed by atoms with van der Waals surface area (Å²) >= 11 is 0. The number of hydrogen-bond acceptors (Lipinski definition) is 3. The van der Waals surface area contributed by atoms with E-state index in [1.165, 1.54) is 0 Å². The standard InChI is InChI=1S/C15H28N2O3Si/c1-3-20-21(2,16-12-8-4-6-10-14(16)18)17-13-9-5-7-11-15(17)19/h3-13H2,1-2H3. The average molecular weight is 312 g/mol. The van der Waals surface area contributed by atoms with Crippen LogP contribution in [0.3, 0.4) is 0 Å². The van der Waals surface area contributed by atoms with Crippen molar-refractivity contribution in [3.05, 3.63) is 0 Å². The molecule has 6 heteroatoms. The van der Waals surface area contributed by atoms with Crippen molar-refractivity contribution in [2.24, 2.45) is 0 Å². The van der Waals surface area contributed by atoms with E-state index in [1.54, 1.807) is 0 Å². The summed E-state index contributed by atoms with van der Waals surface area (Å²) in [4.78, 5) is 25.0. The molecule has 5 nitrogen and oxygen atoms in total. The minimum absolute atomic E-state index is 0.173. The lowest BCUT2D eigenvalue weighted by molar-refractivity contribution is -0.131. The second-order valence-electron chi connectivity index (χ2n) is 6.08. The monoisotopic (exact) mass is 312 g/mol. The molecule has 0 aromatic heterocycles. The van der Waals surface area contributed by atoms with Crippen LogP contribution < -0.4 is 0 Å². The molecule has 2 amide bonds. The molecule has 0 aromatic rings. The predicted octanol–water partition coefficient (Wildman–Crippen LogP) is 2.40. The van der Waals surface area contributed by atoms with Crippen LogP contribution in [0.2, 0.25) is 6.55 Å². The van der Waals surface area contributed by atoms with Gasteiger partial charge in [0.1, 0.15) is 0 Å². The van der Waals surface area contributed by atoms with Gasteiger partial charge in [0.15, 0.2) is 0 Å². The molecule has 120 valence electrons. The summed E-state index contributed by atoms with van der Waals surface area (Å²) in [6.45, 7) is 6.02. The van der Waals surface area contributed by atoms with Gasteiger partial charge >= 0.3 is 8.64 Å². The molecule has 2 rings (SSSR count). The van der Waals surface area contributed by atoms with Crippen LogP contribution in [0.25, 0.3) is 0 Å². The Balaban J connectivity index is 2.28. The van der Waals surface area contributed by atoms with Crippen molar-refractivity contribution >= 4 is 20.5 Å². The third-order valence-electron chi connectivity index (χ3n) is 4.57. The van der Waals surface area contributed by atoms with Crippen molar-refractivity contribution in [2.45, 2.75) is 64.8 Å². The fourth-order valence-corrected chi connectivity index (χ4v) is 6.86. The van der Waals surface area contributed by atoms with Gasteiger partial charge in [-0.1, -0.05) is 12.8 Å². The van der Waals surface area contributed by atoms with E-state index >= 15 is 0 Å². The second-order valence-corrected chi connectivity index (χ2v) is 9.32. The van der Waals surface area contributed by atoms with E-state index in [9.17, 15) is 9.59 Å². The first kappa shape index (κ1) is 16.5. The van der Waals surface area contributed by atoms with Gasteiger partial charge in [0.25, 0.3) is 0 Å². The smallest absolute Gasteiger partial charge is 0.383 e. The van der Waals surface area contributed by atoms with E-state index in [2.05, 4.69) is 0 Å². The van der Waals surface area contributed by atoms with Gasteiger partial charge in [-0.05, 0) is 39.2 Å². The van der Waals surface area contributed by atoms with Crippen molar-refractivity contribution in [1.82, 2.24) is 9.13 Å². The second kappa shape index (κ2) is 7.40. The molecule has 0 saturated carbocycles. The molecule has 0 radical (unpaired) electrons. The molecular weight excluding hydrogens is 284 g/mol. The summed E-state index contributed by atoms with van der Waals surface area (Å²) in [7, 11) is -2.67. The van der Waals surface area contributed by atoms with Gasteiger partial charge in [-0.25, -0.2) is 0 Å². The Morgan fingerprint density at radius 2 is 1.38 bits per heavy atom. The van der Waals surface area contributed by atoms with E-state index in [-0.39, 0.29) is 11.8 Å². The lowest BCUT2D eigenvalue weighted by Gasteiger charge is -2.44. The minimum atomic E-state index is -2.67. The van der Waals surface area contributed by atoms with Gasteiger partial charge in [0.2, 0.25) is 11.8 Å². The fraction of sp³-hybridized carbons (Fsp3) is 0.867. The van der Waals surface area contributed by atoms with Crippen molar-refractivity contribution in [1.29, 1.82) is 0 Å². The third-order valence-corrected chi connectivity index (χ3v) is 8.35. The van der Waals surface area contributed by atoms with Crippen LogP contribution >= 0.6 is 0 Å². The van der Waals surface area contributed by atoms with E-state index < -0.39 is 8.64 Å². The molecule has 0 atom stereocenters. The molecular formula is C15H28N2O3Si. The van der Waals surface area contributed by atoms with Crippen molar-refractivity contribution in [3.8, 4) is 0 Å². The Morgan fingerprint density at radius 3 is 1.81 bits per heavy atom. The lowest BCUT2D eigenvalue weighted by Crippen LogP contribution is -2.68. The van der Waals surface area contributed by atoms with Gasteiger partial charge in [-0.15, -0.1) is 0 Å². The van der Waals surface area contributed by atoms with Gasteiger partial charge < -0.3 is 13.6 Å². The van der Waals surface area contributed by atoms with Gasteiger partial charge in [0.05, 0.1) is 0 Å². The maximum atomic E-state index is 12.5. The maximum absolute atomic E-state index is 12.5. The molecule has 2 heterocycles. The van der Waals surface area contributed by atoms with Crippen LogP contribution in [-0.2, 0) is 14.0 Å². The number of amides is 2. The van der Waals surface area contributed by atoms with Crippen LogP contribution in [-0.4, -0.2) is 49.3 Å². The zero-order valence-electron chi connectivity index (χ0n) is 13.4. The maximum Gasteiger partial charge on any atom is 0.420 e. The van der Waals surface area contributed by atoms with Crippen molar-refractivity contribution < 1.29 is 14.0 Å². The van der Waals surface area contributed by atoms with Crippen LogP contribution in [0, 0.1) is 0 Å². The Hall–Kier alpha value is -0.883. The number of hydrogen-bond donors (Lipinski definition) is 0. The zero-order chi connectivity index (χ0) is 15.3. The van der Waals surface area contributed by atoms with E-state index in [1.807, 2.05) is 22.6 Å². The lowest BCUT2D eigenvalue weighted by atomic mass is 10.2. The SMILES string of the molecule is CCO[Si](C)(N1CCCCCC1=O)N1CCCCCC1=O. The van der Waals surface area contributed by atoms with Crippen molar-refractivity contribution in [3.63, 3.8) is 0 Å². The third kappa shape index (κ3) is 3.66. The Kier molecular flexibility index (Phi) is 5.81. The van der Waals surface area contributed by atoms with E-state index in [0.717, 1.165) is 51.6 Å². The molecule has 2 aliphatic heterocycles. The molecule has 0 N–H and O–H groups in total. The Labute approximate surface area is 128 Å². The van der Waals surface area contributed by atoms with E-state index in [0.29, 0.717) is 19.4 Å².